The lowest BCUT2D eigenvalue weighted by Gasteiger charge is -2.17. The van der Waals surface area contributed by atoms with Gasteiger partial charge in [0, 0.05) is 16.6 Å². The van der Waals surface area contributed by atoms with Crippen molar-refractivity contribution in [2.45, 2.75) is 33.0 Å². The van der Waals surface area contributed by atoms with E-state index < -0.39 is 8.32 Å². The van der Waals surface area contributed by atoms with Crippen molar-refractivity contribution in [1.29, 1.82) is 0 Å². The third kappa shape index (κ3) is 3.22. The van der Waals surface area contributed by atoms with Gasteiger partial charge in [-0.1, -0.05) is 0 Å². The fraction of sp³-hybridized carbons (Fsp3) is 0.400. The van der Waals surface area contributed by atoms with E-state index in [4.69, 9.17) is 9.16 Å². The van der Waals surface area contributed by atoms with Crippen LogP contribution in [-0.4, -0.2) is 26.4 Å². The molecule has 2 rings (SSSR count). The Labute approximate surface area is 120 Å². The summed E-state index contributed by atoms with van der Waals surface area (Å²) in [6, 6.07) is 5.83. The van der Waals surface area contributed by atoms with Gasteiger partial charge < -0.3 is 14.1 Å². The molecule has 1 aromatic heterocycles. The summed E-state index contributed by atoms with van der Waals surface area (Å²) in [6.45, 7) is 8.01. The molecule has 0 unspecified atom stereocenters. The second kappa shape index (κ2) is 5.32. The molecule has 0 saturated heterocycles. The van der Waals surface area contributed by atoms with Gasteiger partial charge in [-0.2, -0.15) is 0 Å². The van der Waals surface area contributed by atoms with Crippen molar-refractivity contribution in [2.24, 2.45) is 0 Å². The van der Waals surface area contributed by atoms with E-state index in [1.807, 2.05) is 44.8 Å². The van der Waals surface area contributed by atoms with Gasteiger partial charge in [-0.15, -0.1) is 0 Å². The lowest BCUT2D eigenvalue weighted by molar-refractivity contribution is -0.134. The summed E-state index contributed by atoms with van der Waals surface area (Å²) < 4.78 is 10.8. The quantitative estimate of drug-likeness (QED) is 0.878. The van der Waals surface area contributed by atoms with Crippen LogP contribution in [0, 0.1) is 6.92 Å². The molecule has 0 bridgehead atoms. The summed E-state index contributed by atoms with van der Waals surface area (Å²) in [7, 11) is -0.202. The summed E-state index contributed by atoms with van der Waals surface area (Å²) in [4.78, 5) is 15.3. The molecule has 0 saturated carbocycles. The van der Waals surface area contributed by atoms with Gasteiger partial charge in [0.1, 0.15) is 5.75 Å². The molecule has 4 nitrogen and oxygen atoms in total. The van der Waals surface area contributed by atoms with Gasteiger partial charge in [0.25, 0.3) is 5.97 Å². The van der Waals surface area contributed by atoms with Crippen molar-refractivity contribution < 1.29 is 14.0 Å². The first-order chi connectivity index (χ1) is 9.30. The lowest BCUT2D eigenvalue weighted by atomic mass is 10.1. The fourth-order valence-corrected chi connectivity index (χ4v) is 2.99. The molecule has 0 aliphatic heterocycles. The number of hydrogen-bond donors (Lipinski definition) is 1. The average Bonchev–Trinajstić information content (AvgIpc) is 2.63. The number of benzene rings is 1. The minimum Gasteiger partial charge on any atom is -0.520 e. The van der Waals surface area contributed by atoms with Crippen molar-refractivity contribution in [3.05, 3.63) is 29.5 Å². The van der Waals surface area contributed by atoms with Gasteiger partial charge in [-0.3, -0.25) is 4.79 Å². The van der Waals surface area contributed by atoms with Crippen molar-refractivity contribution in [3.8, 4) is 5.75 Å². The van der Waals surface area contributed by atoms with E-state index in [1.165, 1.54) is 0 Å². The molecular weight excluding hydrogens is 270 g/mol. The minimum absolute atomic E-state index is 0.156. The van der Waals surface area contributed by atoms with Gasteiger partial charge in [-0.25, -0.2) is 0 Å². The summed E-state index contributed by atoms with van der Waals surface area (Å²) >= 11 is 0. The second-order valence-corrected chi connectivity index (χ2v) is 10.3. The van der Waals surface area contributed by atoms with E-state index in [9.17, 15) is 4.79 Å². The number of aromatic nitrogens is 1. The highest BCUT2D eigenvalue weighted by Crippen LogP contribution is 2.27. The maximum atomic E-state index is 12.0. The SMILES string of the molecule is COc1ccc2[nH]c(C)c(CC(=O)O[Si](C)(C)C)c2c1. The number of ether oxygens (including phenoxy) is 1. The zero-order valence-electron chi connectivity index (χ0n) is 12.7. The molecule has 2 aromatic rings. The van der Waals surface area contributed by atoms with Crippen LogP contribution in [0.2, 0.25) is 19.6 Å². The van der Waals surface area contributed by atoms with E-state index in [0.717, 1.165) is 27.9 Å². The van der Waals surface area contributed by atoms with Gasteiger partial charge in [0.05, 0.1) is 13.5 Å². The topological polar surface area (TPSA) is 51.3 Å². The maximum Gasteiger partial charge on any atom is 0.297 e. The van der Waals surface area contributed by atoms with Gasteiger partial charge >= 0.3 is 0 Å². The average molecular weight is 291 g/mol. The van der Waals surface area contributed by atoms with Crippen LogP contribution in [0.15, 0.2) is 18.2 Å². The zero-order valence-corrected chi connectivity index (χ0v) is 13.7. The molecule has 0 aliphatic rings. The van der Waals surface area contributed by atoms with Crippen LogP contribution < -0.4 is 4.74 Å². The monoisotopic (exact) mass is 291 g/mol. The largest absolute Gasteiger partial charge is 0.520 e. The third-order valence-corrected chi connectivity index (χ3v) is 3.91. The number of H-pyrrole nitrogens is 1. The first-order valence-electron chi connectivity index (χ1n) is 6.67. The number of carbonyl (C=O) groups excluding carboxylic acids is 1. The van der Waals surface area contributed by atoms with Gasteiger partial charge in [-0.05, 0) is 50.3 Å². The van der Waals surface area contributed by atoms with Crippen LogP contribution in [0.4, 0.5) is 0 Å². The number of rotatable bonds is 4. The molecule has 1 heterocycles. The molecule has 0 amide bonds. The van der Waals surface area contributed by atoms with Crippen LogP contribution in [0.1, 0.15) is 11.3 Å². The minimum atomic E-state index is -1.84. The highest BCUT2D eigenvalue weighted by molar-refractivity contribution is 6.71. The van der Waals surface area contributed by atoms with Crippen LogP contribution in [0.3, 0.4) is 0 Å². The Morgan fingerprint density at radius 3 is 2.60 bits per heavy atom. The molecule has 0 fully saturated rings. The number of aryl methyl sites for hydroxylation is 1. The Morgan fingerprint density at radius 1 is 1.30 bits per heavy atom. The molecule has 0 atom stereocenters. The predicted molar refractivity (Wildman–Crippen MR) is 82.7 cm³/mol. The van der Waals surface area contributed by atoms with Crippen LogP contribution in [0.5, 0.6) is 5.75 Å². The Kier molecular flexibility index (Phi) is 3.90. The van der Waals surface area contributed by atoms with Gasteiger partial charge in [0.2, 0.25) is 8.32 Å². The predicted octanol–water partition coefficient (Wildman–Crippen LogP) is 3.41. The number of nitrogens with one attached hydrogen (secondary N) is 1. The summed E-state index contributed by atoms with van der Waals surface area (Å²) in [6.07, 6.45) is 0.295. The van der Waals surface area contributed by atoms with Crippen LogP contribution >= 0.6 is 0 Å². The number of aromatic amines is 1. The lowest BCUT2D eigenvalue weighted by Crippen LogP contribution is -2.30. The number of hydrogen-bond acceptors (Lipinski definition) is 3. The zero-order chi connectivity index (χ0) is 14.9. The van der Waals surface area contributed by atoms with Crippen molar-refractivity contribution in [1.82, 2.24) is 4.98 Å². The van der Waals surface area contributed by atoms with Crippen LogP contribution in [-0.2, 0) is 15.6 Å². The molecule has 5 heteroatoms. The highest BCUT2D eigenvalue weighted by Gasteiger charge is 2.21. The van der Waals surface area contributed by atoms with Crippen molar-refractivity contribution in [2.75, 3.05) is 7.11 Å². The number of methoxy groups -OCH3 is 1. The van der Waals surface area contributed by atoms with Crippen molar-refractivity contribution >= 4 is 25.2 Å². The van der Waals surface area contributed by atoms with Crippen molar-refractivity contribution in [3.63, 3.8) is 0 Å². The second-order valence-electron chi connectivity index (χ2n) is 5.90. The van der Waals surface area contributed by atoms with E-state index in [0.29, 0.717) is 6.42 Å². The molecule has 0 aliphatic carbocycles. The summed E-state index contributed by atoms with van der Waals surface area (Å²) in [5, 5.41) is 1.02. The molecule has 20 heavy (non-hydrogen) atoms. The van der Waals surface area contributed by atoms with E-state index in [2.05, 4.69) is 4.98 Å². The standard InChI is InChI=1S/C15H21NO3Si/c1-10-12(9-15(17)19-20(3,4)5)13-8-11(18-2)6-7-14(13)16-10/h6-8,16H,9H2,1-5H3. The Balaban J connectivity index is 2.33. The maximum absolute atomic E-state index is 12.0. The molecular formula is C15H21NO3Si. The summed E-state index contributed by atoms with van der Waals surface area (Å²) in [5.41, 5.74) is 3.00. The normalized spacial score (nSPS) is 11.7. The van der Waals surface area contributed by atoms with Gasteiger partial charge in [0.15, 0.2) is 0 Å². The molecule has 108 valence electrons. The third-order valence-electron chi connectivity index (χ3n) is 3.07. The van der Waals surface area contributed by atoms with Crippen LogP contribution in [0.25, 0.3) is 10.9 Å². The molecule has 1 N–H and O–H groups in total. The Hall–Kier alpha value is -1.75. The smallest absolute Gasteiger partial charge is 0.297 e. The number of fused-ring (bicyclic) bond motifs is 1. The Bertz CT molecular complexity index is 640. The summed E-state index contributed by atoms with van der Waals surface area (Å²) in [5.74, 6) is 0.632. The molecule has 1 aromatic carbocycles. The first-order valence-corrected chi connectivity index (χ1v) is 10.1. The first kappa shape index (κ1) is 14.7. The van der Waals surface area contributed by atoms with E-state index in [1.54, 1.807) is 7.11 Å². The Morgan fingerprint density at radius 2 is 2.00 bits per heavy atom. The van der Waals surface area contributed by atoms with E-state index in [-0.39, 0.29) is 5.97 Å². The molecule has 0 radical (unpaired) electrons. The fourth-order valence-electron chi connectivity index (χ4n) is 2.24. The van der Waals surface area contributed by atoms with E-state index >= 15 is 0 Å². The number of carbonyl (C=O) groups is 1. The highest BCUT2D eigenvalue weighted by atomic mass is 28.4. The molecule has 0 spiro atoms.